The molecule has 1 aromatic carbocycles. The van der Waals surface area contributed by atoms with Crippen LogP contribution in [-0.4, -0.2) is 60.3 Å². The van der Waals surface area contributed by atoms with Crippen LogP contribution in [0.1, 0.15) is 24.8 Å². The molecular formula is C19H26N4O5. The van der Waals surface area contributed by atoms with Gasteiger partial charge in [0.2, 0.25) is 5.91 Å². The number of carbonyl (C=O) groups is 3. The summed E-state index contributed by atoms with van der Waals surface area (Å²) in [7, 11) is 0. The normalized spacial score (nSPS) is 25.3. The Kier molecular flexibility index (Phi) is 6.74. The predicted octanol–water partition coefficient (Wildman–Crippen LogP) is -0.960. The van der Waals surface area contributed by atoms with E-state index >= 15 is 0 Å². The third-order valence-corrected chi connectivity index (χ3v) is 4.95. The van der Waals surface area contributed by atoms with Crippen LogP contribution in [-0.2, 0) is 25.5 Å². The Bertz CT molecular complexity index is 718. The van der Waals surface area contributed by atoms with Gasteiger partial charge >= 0.3 is 11.9 Å². The number of nitrogens with one attached hydrogen (secondary N) is 3. The maximum Gasteiger partial charge on any atom is 0.330 e. The second-order valence-electron chi connectivity index (χ2n) is 7.24. The van der Waals surface area contributed by atoms with Gasteiger partial charge in [-0.3, -0.25) is 4.79 Å². The van der Waals surface area contributed by atoms with Gasteiger partial charge in [0.25, 0.3) is 0 Å². The summed E-state index contributed by atoms with van der Waals surface area (Å²) in [5.74, 6) is -1.53. The standard InChI is InChI=1S/C19H26N4O5/c20-14(18(26)28-19(27)15-2-1-7-21-15)8-11-3-5-12(6-4-11)23-17(25)16-9-13(24)10-22-16/h3-6,13-16,21-22,24H,1-2,7-10,20H2,(H,23,25)/t13?,14-,15-,16-/m0/s1. The first kappa shape index (κ1) is 20.4. The minimum atomic E-state index is -0.949. The minimum absolute atomic E-state index is 0.205. The highest BCUT2D eigenvalue weighted by atomic mass is 16.6. The third kappa shape index (κ3) is 5.35. The summed E-state index contributed by atoms with van der Waals surface area (Å²) in [5, 5.41) is 18.2. The molecular weight excluding hydrogens is 364 g/mol. The second kappa shape index (κ2) is 9.24. The summed E-state index contributed by atoms with van der Waals surface area (Å²) in [6.07, 6.45) is 1.63. The molecule has 1 amide bonds. The largest absolute Gasteiger partial charge is 0.392 e. The average molecular weight is 390 g/mol. The number of rotatable bonds is 6. The Morgan fingerprint density at radius 3 is 2.57 bits per heavy atom. The van der Waals surface area contributed by atoms with Crippen LogP contribution in [0, 0.1) is 0 Å². The number of aliphatic hydroxyl groups excluding tert-OH is 1. The van der Waals surface area contributed by atoms with E-state index in [4.69, 9.17) is 10.5 Å². The summed E-state index contributed by atoms with van der Waals surface area (Å²) in [5.41, 5.74) is 7.25. The van der Waals surface area contributed by atoms with Crippen LogP contribution in [0.4, 0.5) is 5.69 Å². The summed E-state index contributed by atoms with van der Waals surface area (Å²) in [6.45, 7) is 1.14. The molecule has 2 fully saturated rings. The topological polar surface area (TPSA) is 143 Å². The molecule has 0 saturated carbocycles. The van der Waals surface area contributed by atoms with Crippen molar-refractivity contribution in [1.29, 1.82) is 0 Å². The van der Waals surface area contributed by atoms with E-state index in [0.29, 0.717) is 25.1 Å². The van der Waals surface area contributed by atoms with Crippen LogP contribution in [0.3, 0.4) is 0 Å². The Morgan fingerprint density at radius 2 is 1.96 bits per heavy atom. The number of amides is 1. The fraction of sp³-hybridized carbons (Fsp3) is 0.526. The first-order chi connectivity index (χ1) is 13.4. The molecule has 9 heteroatoms. The zero-order chi connectivity index (χ0) is 20.1. The number of benzene rings is 1. The lowest BCUT2D eigenvalue weighted by Crippen LogP contribution is -2.40. The SMILES string of the molecule is N[C@@H](Cc1ccc(NC(=O)[C@@H]2CC(O)CN2)cc1)C(=O)OC(=O)[C@@H]1CCCN1. The van der Waals surface area contributed by atoms with Crippen molar-refractivity contribution >= 4 is 23.5 Å². The molecule has 2 aliphatic rings. The van der Waals surface area contributed by atoms with Gasteiger partial charge in [-0.25, -0.2) is 9.59 Å². The number of anilines is 1. The van der Waals surface area contributed by atoms with E-state index in [0.717, 1.165) is 18.5 Å². The molecule has 2 saturated heterocycles. The Balaban J connectivity index is 1.47. The van der Waals surface area contributed by atoms with Crippen LogP contribution < -0.4 is 21.7 Å². The Labute approximate surface area is 163 Å². The van der Waals surface area contributed by atoms with Crippen molar-refractivity contribution in [3.8, 4) is 0 Å². The van der Waals surface area contributed by atoms with Crippen molar-refractivity contribution in [1.82, 2.24) is 10.6 Å². The smallest absolute Gasteiger partial charge is 0.330 e. The van der Waals surface area contributed by atoms with Crippen molar-refractivity contribution in [3.05, 3.63) is 29.8 Å². The van der Waals surface area contributed by atoms with Crippen LogP contribution in [0.15, 0.2) is 24.3 Å². The van der Waals surface area contributed by atoms with Crippen molar-refractivity contribution in [2.24, 2.45) is 5.73 Å². The van der Waals surface area contributed by atoms with Crippen LogP contribution in [0.2, 0.25) is 0 Å². The van der Waals surface area contributed by atoms with Gasteiger partial charge in [-0.2, -0.15) is 0 Å². The van der Waals surface area contributed by atoms with E-state index in [1.165, 1.54) is 0 Å². The quantitative estimate of drug-likeness (QED) is 0.309. The molecule has 4 atom stereocenters. The lowest BCUT2D eigenvalue weighted by atomic mass is 10.1. The summed E-state index contributed by atoms with van der Waals surface area (Å²) in [4.78, 5) is 36.0. The molecule has 0 aromatic heterocycles. The highest BCUT2D eigenvalue weighted by Crippen LogP contribution is 2.14. The lowest BCUT2D eigenvalue weighted by molar-refractivity contribution is -0.161. The Hall–Kier alpha value is -2.33. The summed E-state index contributed by atoms with van der Waals surface area (Å²) < 4.78 is 4.86. The van der Waals surface area contributed by atoms with Gasteiger partial charge in [0.15, 0.2) is 0 Å². The molecule has 3 rings (SSSR count). The molecule has 6 N–H and O–H groups in total. The van der Waals surface area contributed by atoms with E-state index in [-0.39, 0.29) is 12.3 Å². The molecule has 2 aliphatic heterocycles. The number of hydrogen-bond acceptors (Lipinski definition) is 8. The van der Waals surface area contributed by atoms with Gasteiger partial charge in [0, 0.05) is 12.2 Å². The molecule has 28 heavy (non-hydrogen) atoms. The highest BCUT2D eigenvalue weighted by molar-refractivity contribution is 5.95. The first-order valence-corrected chi connectivity index (χ1v) is 9.48. The molecule has 1 aromatic rings. The molecule has 0 spiro atoms. The maximum absolute atomic E-state index is 12.1. The van der Waals surface area contributed by atoms with Gasteiger partial charge < -0.3 is 31.5 Å². The predicted molar refractivity (Wildman–Crippen MR) is 101 cm³/mol. The molecule has 1 unspecified atom stereocenters. The second-order valence-corrected chi connectivity index (χ2v) is 7.24. The summed E-state index contributed by atoms with van der Waals surface area (Å²) in [6, 6.07) is 5.13. The fourth-order valence-electron chi connectivity index (χ4n) is 3.34. The van der Waals surface area contributed by atoms with E-state index in [1.54, 1.807) is 24.3 Å². The monoisotopic (exact) mass is 390 g/mol. The number of nitrogens with two attached hydrogens (primary N) is 1. The van der Waals surface area contributed by atoms with Crippen LogP contribution >= 0.6 is 0 Å². The number of aliphatic hydroxyl groups is 1. The zero-order valence-electron chi connectivity index (χ0n) is 15.5. The fourth-order valence-corrected chi connectivity index (χ4v) is 3.34. The van der Waals surface area contributed by atoms with Crippen molar-refractivity contribution in [2.75, 3.05) is 18.4 Å². The molecule has 0 radical (unpaired) electrons. The van der Waals surface area contributed by atoms with Gasteiger partial charge in [-0.05, 0) is 49.9 Å². The van der Waals surface area contributed by atoms with E-state index in [2.05, 4.69) is 16.0 Å². The van der Waals surface area contributed by atoms with Crippen molar-refractivity contribution < 1.29 is 24.2 Å². The summed E-state index contributed by atoms with van der Waals surface area (Å²) >= 11 is 0. The van der Waals surface area contributed by atoms with E-state index in [9.17, 15) is 19.5 Å². The highest BCUT2D eigenvalue weighted by Gasteiger charge is 2.29. The minimum Gasteiger partial charge on any atom is -0.392 e. The maximum atomic E-state index is 12.1. The average Bonchev–Trinajstić information content (AvgIpc) is 3.35. The number of hydrogen-bond donors (Lipinski definition) is 5. The zero-order valence-corrected chi connectivity index (χ0v) is 15.5. The molecule has 152 valence electrons. The van der Waals surface area contributed by atoms with Crippen molar-refractivity contribution in [2.45, 2.75) is 49.9 Å². The van der Waals surface area contributed by atoms with Gasteiger partial charge in [-0.1, -0.05) is 12.1 Å². The van der Waals surface area contributed by atoms with E-state index in [1.807, 2.05) is 0 Å². The van der Waals surface area contributed by atoms with Crippen LogP contribution in [0.25, 0.3) is 0 Å². The first-order valence-electron chi connectivity index (χ1n) is 9.48. The third-order valence-electron chi connectivity index (χ3n) is 4.95. The number of esters is 2. The lowest BCUT2D eigenvalue weighted by Gasteiger charge is -2.14. The number of β-amino-alcohol motifs (C(OH)–C–C–N with tert-alkyl or cyclic N) is 1. The van der Waals surface area contributed by atoms with Gasteiger partial charge in [0.1, 0.15) is 12.1 Å². The molecule has 0 aliphatic carbocycles. The van der Waals surface area contributed by atoms with E-state index < -0.39 is 36.2 Å². The molecule has 9 nitrogen and oxygen atoms in total. The van der Waals surface area contributed by atoms with Crippen molar-refractivity contribution in [3.63, 3.8) is 0 Å². The van der Waals surface area contributed by atoms with Gasteiger partial charge in [0.05, 0.1) is 12.1 Å². The number of ether oxygens (including phenoxy) is 1. The molecule has 0 bridgehead atoms. The van der Waals surface area contributed by atoms with Gasteiger partial charge in [-0.15, -0.1) is 0 Å². The number of carbonyl (C=O) groups excluding carboxylic acids is 3. The Morgan fingerprint density at radius 1 is 1.21 bits per heavy atom. The van der Waals surface area contributed by atoms with Crippen LogP contribution in [0.5, 0.6) is 0 Å². The molecule has 2 heterocycles.